The van der Waals surface area contributed by atoms with Crippen molar-refractivity contribution >= 4 is 5.91 Å². The molecule has 5 nitrogen and oxygen atoms in total. The normalized spacial score (nSPS) is 21.8. The summed E-state index contributed by atoms with van der Waals surface area (Å²) in [6, 6.07) is 3.69. The number of aromatic nitrogens is 1. The molecule has 16 heavy (non-hydrogen) atoms. The molecule has 1 fully saturated rings. The van der Waals surface area contributed by atoms with Gasteiger partial charge in [0.1, 0.15) is 6.04 Å². The Kier molecular flexibility index (Phi) is 3.48. The highest BCUT2D eigenvalue weighted by Crippen LogP contribution is 2.09. The summed E-state index contributed by atoms with van der Waals surface area (Å²) in [5.41, 5.74) is 6.73. The summed E-state index contributed by atoms with van der Waals surface area (Å²) >= 11 is 0. The zero-order valence-electron chi connectivity index (χ0n) is 9.10. The number of hydrogen-bond acceptors (Lipinski definition) is 4. The van der Waals surface area contributed by atoms with Gasteiger partial charge in [-0.1, -0.05) is 6.07 Å². The highest BCUT2D eigenvalue weighted by atomic mass is 16.2. The van der Waals surface area contributed by atoms with Gasteiger partial charge in [0, 0.05) is 38.6 Å². The van der Waals surface area contributed by atoms with Crippen molar-refractivity contribution in [3.63, 3.8) is 0 Å². The second-order valence-corrected chi connectivity index (χ2v) is 3.87. The molecule has 3 N–H and O–H groups in total. The molecule has 5 heteroatoms. The number of carbonyl (C=O) groups is 1. The Hall–Kier alpha value is -1.46. The fourth-order valence-corrected chi connectivity index (χ4v) is 1.93. The van der Waals surface area contributed by atoms with E-state index in [0.717, 1.165) is 18.7 Å². The Labute approximate surface area is 94.6 Å². The molecule has 1 aromatic rings. The van der Waals surface area contributed by atoms with Crippen LogP contribution in [-0.2, 0) is 11.3 Å². The maximum Gasteiger partial charge on any atom is 0.238 e. The van der Waals surface area contributed by atoms with E-state index in [9.17, 15) is 4.79 Å². The van der Waals surface area contributed by atoms with Crippen LogP contribution in [0, 0.1) is 0 Å². The van der Waals surface area contributed by atoms with Crippen molar-refractivity contribution in [3.8, 4) is 0 Å². The number of piperazine rings is 1. The van der Waals surface area contributed by atoms with Gasteiger partial charge in [0.25, 0.3) is 0 Å². The second-order valence-electron chi connectivity index (χ2n) is 3.87. The Morgan fingerprint density at radius 1 is 1.62 bits per heavy atom. The minimum atomic E-state index is -0.214. The molecule has 0 aliphatic carbocycles. The van der Waals surface area contributed by atoms with Crippen LogP contribution in [0.15, 0.2) is 24.5 Å². The largest absolute Gasteiger partial charge is 0.353 e. The van der Waals surface area contributed by atoms with Crippen LogP contribution < -0.4 is 11.1 Å². The fourth-order valence-electron chi connectivity index (χ4n) is 1.93. The average Bonchev–Trinajstić information content (AvgIpc) is 2.31. The van der Waals surface area contributed by atoms with Crippen molar-refractivity contribution in [3.05, 3.63) is 30.1 Å². The van der Waals surface area contributed by atoms with Crippen LogP contribution in [-0.4, -0.2) is 41.5 Å². The highest BCUT2D eigenvalue weighted by Gasteiger charge is 2.27. The summed E-state index contributed by atoms with van der Waals surface area (Å²) in [5, 5.41) is 2.82. The molecule has 0 spiro atoms. The summed E-state index contributed by atoms with van der Waals surface area (Å²) in [4.78, 5) is 17.7. The first-order chi connectivity index (χ1) is 7.81. The van der Waals surface area contributed by atoms with Gasteiger partial charge in [-0.3, -0.25) is 14.7 Å². The summed E-state index contributed by atoms with van der Waals surface area (Å²) in [6.45, 7) is 2.60. The zero-order valence-corrected chi connectivity index (χ0v) is 9.10. The molecule has 1 aromatic heterocycles. The van der Waals surface area contributed by atoms with Crippen LogP contribution in [0.25, 0.3) is 0 Å². The van der Waals surface area contributed by atoms with Crippen molar-refractivity contribution in [2.24, 2.45) is 5.73 Å². The Bertz CT molecular complexity index is 354. The monoisotopic (exact) mass is 220 g/mol. The molecule has 0 bridgehead atoms. The Morgan fingerprint density at radius 3 is 3.19 bits per heavy atom. The van der Waals surface area contributed by atoms with Gasteiger partial charge >= 0.3 is 0 Å². The van der Waals surface area contributed by atoms with Crippen molar-refractivity contribution in [1.29, 1.82) is 0 Å². The number of nitrogens with one attached hydrogen (secondary N) is 1. The number of nitrogens with two attached hydrogens (primary N) is 1. The van der Waals surface area contributed by atoms with E-state index in [-0.39, 0.29) is 11.9 Å². The number of carbonyl (C=O) groups excluding carboxylic acids is 1. The van der Waals surface area contributed by atoms with E-state index in [0.29, 0.717) is 13.1 Å². The van der Waals surface area contributed by atoms with E-state index in [2.05, 4.69) is 15.2 Å². The van der Waals surface area contributed by atoms with Crippen LogP contribution in [0.5, 0.6) is 0 Å². The van der Waals surface area contributed by atoms with E-state index in [1.54, 1.807) is 6.20 Å². The molecule has 1 atom stereocenters. The topological polar surface area (TPSA) is 71.2 Å². The number of hydrogen-bond donors (Lipinski definition) is 2. The predicted octanol–water partition coefficient (Wildman–Crippen LogP) is -0.659. The fraction of sp³-hybridized carbons (Fsp3) is 0.455. The van der Waals surface area contributed by atoms with E-state index in [1.165, 1.54) is 0 Å². The number of rotatable bonds is 3. The molecule has 1 aliphatic heterocycles. The minimum absolute atomic E-state index is 0.0256. The molecule has 1 saturated heterocycles. The molecule has 2 heterocycles. The third-order valence-electron chi connectivity index (χ3n) is 2.77. The molecule has 1 aliphatic rings. The van der Waals surface area contributed by atoms with Crippen molar-refractivity contribution in [1.82, 2.24) is 15.2 Å². The van der Waals surface area contributed by atoms with Crippen LogP contribution in [0.4, 0.5) is 0 Å². The lowest BCUT2D eigenvalue weighted by Crippen LogP contribution is -2.57. The first-order valence-electron chi connectivity index (χ1n) is 5.42. The summed E-state index contributed by atoms with van der Waals surface area (Å²) in [7, 11) is 0. The van der Waals surface area contributed by atoms with Gasteiger partial charge < -0.3 is 11.1 Å². The van der Waals surface area contributed by atoms with E-state index >= 15 is 0 Å². The summed E-state index contributed by atoms with van der Waals surface area (Å²) < 4.78 is 0. The summed E-state index contributed by atoms with van der Waals surface area (Å²) in [6.07, 6.45) is 3.56. The highest BCUT2D eigenvalue weighted by molar-refractivity contribution is 5.82. The molecule has 1 amide bonds. The quantitative estimate of drug-likeness (QED) is 0.709. The van der Waals surface area contributed by atoms with Gasteiger partial charge in [-0.2, -0.15) is 0 Å². The maximum absolute atomic E-state index is 11.6. The molecule has 0 radical (unpaired) electrons. The number of pyridine rings is 1. The smallest absolute Gasteiger partial charge is 0.238 e. The van der Waals surface area contributed by atoms with E-state index in [1.807, 2.05) is 18.3 Å². The van der Waals surface area contributed by atoms with Crippen LogP contribution in [0.3, 0.4) is 0 Å². The van der Waals surface area contributed by atoms with Gasteiger partial charge in [-0.05, 0) is 11.6 Å². The first kappa shape index (κ1) is 11.0. The van der Waals surface area contributed by atoms with E-state index < -0.39 is 0 Å². The van der Waals surface area contributed by atoms with Gasteiger partial charge in [-0.15, -0.1) is 0 Å². The summed E-state index contributed by atoms with van der Waals surface area (Å²) in [5.74, 6) is 0.0256. The minimum Gasteiger partial charge on any atom is -0.353 e. The van der Waals surface area contributed by atoms with Crippen molar-refractivity contribution < 1.29 is 4.79 Å². The molecule has 2 rings (SSSR count). The molecule has 0 saturated carbocycles. The molecule has 1 unspecified atom stereocenters. The van der Waals surface area contributed by atoms with Gasteiger partial charge in [0.15, 0.2) is 0 Å². The SMILES string of the molecule is NCC1C(=O)NCCN1Cc1cccnc1. The van der Waals surface area contributed by atoms with Crippen LogP contribution in [0.1, 0.15) is 5.56 Å². The number of amides is 1. The van der Waals surface area contributed by atoms with Crippen LogP contribution >= 0.6 is 0 Å². The standard InChI is InChI=1S/C11H16N4O/c12-6-10-11(16)14-4-5-15(10)8-9-2-1-3-13-7-9/h1-3,7,10H,4-6,8,12H2,(H,14,16). The van der Waals surface area contributed by atoms with E-state index in [4.69, 9.17) is 5.73 Å². The van der Waals surface area contributed by atoms with Crippen molar-refractivity contribution in [2.75, 3.05) is 19.6 Å². The predicted molar refractivity (Wildman–Crippen MR) is 60.5 cm³/mol. The Morgan fingerprint density at radius 2 is 2.50 bits per heavy atom. The lowest BCUT2D eigenvalue weighted by atomic mass is 10.1. The van der Waals surface area contributed by atoms with Gasteiger partial charge in [-0.25, -0.2) is 0 Å². The second kappa shape index (κ2) is 5.05. The van der Waals surface area contributed by atoms with Crippen molar-refractivity contribution in [2.45, 2.75) is 12.6 Å². The lowest BCUT2D eigenvalue weighted by molar-refractivity contribution is -0.128. The van der Waals surface area contributed by atoms with Gasteiger partial charge in [0.2, 0.25) is 5.91 Å². The van der Waals surface area contributed by atoms with Crippen LogP contribution in [0.2, 0.25) is 0 Å². The molecule has 0 aromatic carbocycles. The zero-order chi connectivity index (χ0) is 11.4. The third kappa shape index (κ3) is 2.37. The number of nitrogens with zero attached hydrogens (tertiary/aromatic N) is 2. The first-order valence-corrected chi connectivity index (χ1v) is 5.42. The molecular formula is C11H16N4O. The maximum atomic E-state index is 11.6. The molecular weight excluding hydrogens is 204 g/mol. The average molecular weight is 220 g/mol. The lowest BCUT2D eigenvalue weighted by Gasteiger charge is -2.34. The Balaban J connectivity index is 2.05. The third-order valence-corrected chi connectivity index (χ3v) is 2.77. The van der Waals surface area contributed by atoms with Gasteiger partial charge in [0.05, 0.1) is 0 Å². The molecule has 86 valence electrons.